The molecule has 0 radical (unpaired) electrons. The molecule has 0 spiro atoms. The van der Waals surface area contributed by atoms with E-state index >= 15 is 0 Å². The second-order valence-corrected chi connectivity index (χ2v) is 15.4. The van der Waals surface area contributed by atoms with Gasteiger partial charge in [-0.05, 0) is 33.8 Å². The van der Waals surface area contributed by atoms with E-state index in [0.717, 1.165) is 0 Å². The van der Waals surface area contributed by atoms with Crippen LogP contribution in [0.25, 0.3) is 10.8 Å². The summed E-state index contributed by atoms with van der Waals surface area (Å²) < 4.78 is 29.5. The molecule has 0 aromatic heterocycles. The molecule has 2 aromatic rings. The number of hydrogen-bond donors (Lipinski definition) is 6. The van der Waals surface area contributed by atoms with Crippen molar-refractivity contribution >= 4 is 40.0 Å². The average Bonchev–Trinajstić information content (AvgIpc) is 3.41. The summed E-state index contributed by atoms with van der Waals surface area (Å²) in [6.07, 6.45) is 3.56. The Morgan fingerprint density at radius 1 is 0.982 bits per heavy atom. The van der Waals surface area contributed by atoms with Crippen molar-refractivity contribution in [3.63, 3.8) is 0 Å². The Kier molecular flexibility index (Phi) is 14.1. The number of ketones is 1. The van der Waals surface area contributed by atoms with Gasteiger partial charge in [0.05, 0.1) is 41.2 Å². The number of allylic oxidation sites excluding steroid dienone is 2. The molecule has 3 heterocycles. The van der Waals surface area contributed by atoms with E-state index in [4.69, 9.17) is 23.7 Å². The highest BCUT2D eigenvalue weighted by atomic mass is 16.7. The molecular formula is C42H56N2O13. The molecule has 0 fully saturated rings. The third kappa shape index (κ3) is 9.37. The standard InChI is InChI=1S/C42H56N2O13/c1-19(2)43-30(46)18-54-29-17-27-37(50)32-31(29)33-39(25(8)36(32)49)57-42(10,40(33)51)55-16-15-28(53-11)22(5)38(56-26(9)45)24(7)35(48)23(6)34(47)20(3)13-12-14-21(4)41(52)44-27/h12-17,19-20,22-24,28,34-35,38,47-50H,18H2,1-11H3,(H,43,46)(H,44,52)/b13-12+,16-15+,21-14-/t20-,22-,23-,24-,28+,34-,35+,38-,42+/m1/s1. The molecule has 57 heavy (non-hydrogen) atoms. The Bertz CT molecular complexity index is 1970. The highest BCUT2D eigenvalue weighted by Gasteiger charge is 2.49. The highest BCUT2D eigenvalue weighted by molar-refractivity contribution is 6.21. The number of phenolic OH excluding ortho intramolecular Hbond substituents is 2. The van der Waals surface area contributed by atoms with Crippen LogP contribution >= 0.6 is 0 Å². The van der Waals surface area contributed by atoms with E-state index in [1.807, 2.05) is 0 Å². The van der Waals surface area contributed by atoms with Crippen molar-refractivity contribution in [2.75, 3.05) is 19.0 Å². The summed E-state index contributed by atoms with van der Waals surface area (Å²) in [5, 5.41) is 50.9. The maximum atomic E-state index is 14.4. The largest absolute Gasteiger partial charge is 0.507 e. The lowest BCUT2D eigenvalue weighted by Crippen LogP contribution is -2.46. The first kappa shape index (κ1) is 44.6. The monoisotopic (exact) mass is 796 g/mol. The van der Waals surface area contributed by atoms with Crippen molar-refractivity contribution in [3.8, 4) is 23.0 Å². The van der Waals surface area contributed by atoms with Crippen molar-refractivity contribution in [1.82, 2.24) is 5.32 Å². The van der Waals surface area contributed by atoms with Gasteiger partial charge in [0, 0.05) is 73.3 Å². The molecule has 0 saturated heterocycles. The van der Waals surface area contributed by atoms with Crippen LogP contribution in [0.15, 0.2) is 42.2 Å². The molecule has 2 aromatic carbocycles. The van der Waals surface area contributed by atoms with Crippen LogP contribution in [0.5, 0.6) is 23.0 Å². The SMILES string of the molecule is CO[C@H]1/C=C/O[C@@]2(C)Oc3c(C)c(O)c4c(O)c(cc(OCC(=O)NC(C)C)c4c3C2=O)NC(=O)/C(C)=C\C=C\[C@@H](C)[C@@H](O)[C@@H](C)[C@H](O)[C@@H](C)[C@H](OC(C)=O)[C@@H]1C. The van der Waals surface area contributed by atoms with Gasteiger partial charge in [0.25, 0.3) is 17.6 Å². The fourth-order valence-corrected chi connectivity index (χ4v) is 7.26. The molecule has 3 aliphatic rings. The van der Waals surface area contributed by atoms with Gasteiger partial charge < -0.3 is 54.7 Å². The van der Waals surface area contributed by atoms with Gasteiger partial charge in [-0.25, -0.2) is 0 Å². The topological polar surface area (TPSA) is 219 Å². The second-order valence-electron chi connectivity index (χ2n) is 15.4. The van der Waals surface area contributed by atoms with E-state index in [2.05, 4.69) is 10.6 Å². The van der Waals surface area contributed by atoms with E-state index in [1.165, 1.54) is 59.3 Å². The Labute approximate surface area is 332 Å². The van der Waals surface area contributed by atoms with Crippen molar-refractivity contribution in [2.24, 2.45) is 23.7 Å². The number of ether oxygens (including phenoxy) is 5. The number of benzene rings is 2. The Balaban J connectivity index is 1.93. The normalized spacial score (nSPS) is 30.5. The number of methoxy groups -OCH3 is 1. The molecule has 0 unspecified atom stereocenters. The van der Waals surface area contributed by atoms with E-state index < -0.39 is 95.5 Å². The van der Waals surface area contributed by atoms with Gasteiger partial charge in [0.2, 0.25) is 0 Å². The number of nitrogens with one attached hydrogen (secondary N) is 2. The number of amides is 2. The van der Waals surface area contributed by atoms with Gasteiger partial charge in [0.15, 0.2) is 12.4 Å². The molecule has 15 nitrogen and oxygen atoms in total. The summed E-state index contributed by atoms with van der Waals surface area (Å²) in [4.78, 5) is 52.9. The molecule has 3 aliphatic heterocycles. The quantitative estimate of drug-likeness (QED) is 0.169. The Morgan fingerprint density at radius 3 is 2.26 bits per heavy atom. The van der Waals surface area contributed by atoms with Crippen LogP contribution in [0.4, 0.5) is 5.69 Å². The number of hydrogen-bond acceptors (Lipinski definition) is 13. The van der Waals surface area contributed by atoms with Gasteiger partial charge in [0.1, 0.15) is 23.4 Å². The first-order valence-electron chi connectivity index (χ1n) is 18.9. The summed E-state index contributed by atoms with van der Waals surface area (Å²) in [5.41, 5.74) is -0.0402. The first-order chi connectivity index (χ1) is 26.6. The Morgan fingerprint density at radius 2 is 1.65 bits per heavy atom. The fraction of sp³-hybridized carbons (Fsp3) is 0.524. The number of anilines is 1. The highest BCUT2D eigenvalue weighted by Crippen LogP contribution is 2.54. The van der Waals surface area contributed by atoms with E-state index in [1.54, 1.807) is 53.7 Å². The lowest BCUT2D eigenvalue weighted by atomic mass is 9.78. The van der Waals surface area contributed by atoms with Crippen LogP contribution in [0.3, 0.4) is 0 Å². The van der Waals surface area contributed by atoms with Gasteiger partial charge in [-0.2, -0.15) is 0 Å². The van der Waals surface area contributed by atoms with Crippen LogP contribution in [0, 0.1) is 30.6 Å². The molecule has 0 saturated carbocycles. The second kappa shape index (κ2) is 18.0. The third-order valence-corrected chi connectivity index (χ3v) is 10.6. The minimum absolute atomic E-state index is 0.0652. The van der Waals surface area contributed by atoms with Crippen LogP contribution in [0.1, 0.15) is 78.2 Å². The van der Waals surface area contributed by atoms with Gasteiger partial charge in [-0.3, -0.25) is 19.2 Å². The number of aliphatic hydroxyl groups is 2. The lowest BCUT2D eigenvalue weighted by Gasteiger charge is -2.38. The lowest BCUT2D eigenvalue weighted by molar-refractivity contribution is -0.160. The molecule has 5 bridgehead atoms. The molecule has 15 heteroatoms. The summed E-state index contributed by atoms with van der Waals surface area (Å²) >= 11 is 0. The maximum absolute atomic E-state index is 14.4. The van der Waals surface area contributed by atoms with Gasteiger partial charge in [-0.1, -0.05) is 45.9 Å². The summed E-state index contributed by atoms with van der Waals surface area (Å²) in [7, 11) is 1.43. The predicted molar refractivity (Wildman–Crippen MR) is 211 cm³/mol. The van der Waals surface area contributed by atoms with Crippen LogP contribution < -0.4 is 20.1 Å². The zero-order chi connectivity index (χ0) is 42.7. The number of aromatic hydroxyl groups is 2. The van der Waals surface area contributed by atoms with Crippen molar-refractivity contribution in [3.05, 3.63) is 53.3 Å². The van der Waals surface area contributed by atoms with Crippen molar-refractivity contribution in [1.29, 1.82) is 0 Å². The number of aliphatic hydroxyl groups excluding tert-OH is 2. The molecule has 5 rings (SSSR count). The number of Topliss-reactive ketones (excluding diaryl/α,β-unsaturated/α-hetero) is 1. The van der Waals surface area contributed by atoms with E-state index in [0.29, 0.717) is 0 Å². The smallest absolute Gasteiger partial charge is 0.312 e. The summed E-state index contributed by atoms with van der Waals surface area (Å²) in [5.74, 6) is -8.20. The maximum Gasteiger partial charge on any atom is 0.312 e. The van der Waals surface area contributed by atoms with Gasteiger partial charge >= 0.3 is 11.8 Å². The average molecular weight is 797 g/mol. The summed E-state index contributed by atoms with van der Waals surface area (Å²) in [6.45, 7) is 15.5. The Hall–Kier alpha value is -5.12. The molecule has 312 valence electrons. The molecule has 0 aliphatic carbocycles. The number of carbonyl (C=O) groups excluding carboxylic acids is 4. The molecule has 2 amide bonds. The van der Waals surface area contributed by atoms with Crippen LogP contribution in [-0.2, 0) is 28.6 Å². The predicted octanol–water partition coefficient (Wildman–Crippen LogP) is 4.95. The summed E-state index contributed by atoms with van der Waals surface area (Å²) in [6, 6.07) is 1.03. The molecule has 9 atom stereocenters. The number of rotatable bonds is 6. The zero-order valence-electron chi connectivity index (χ0n) is 34.3. The zero-order valence-corrected chi connectivity index (χ0v) is 34.3. The van der Waals surface area contributed by atoms with Crippen LogP contribution in [-0.4, -0.2) is 94.0 Å². The third-order valence-electron chi connectivity index (χ3n) is 10.6. The number of esters is 1. The number of phenols is 2. The molecule has 6 N–H and O–H groups in total. The van der Waals surface area contributed by atoms with E-state index in [9.17, 15) is 39.6 Å². The molecular weight excluding hydrogens is 740 g/mol. The van der Waals surface area contributed by atoms with Gasteiger partial charge in [-0.15, -0.1) is 0 Å². The minimum Gasteiger partial charge on any atom is -0.507 e. The minimum atomic E-state index is -2.02. The fourth-order valence-electron chi connectivity index (χ4n) is 7.26. The van der Waals surface area contributed by atoms with Crippen LogP contribution in [0.2, 0.25) is 0 Å². The number of carbonyl (C=O) groups is 4. The first-order valence-corrected chi connectivity index (χ1v) is 18.9. The van der Waals surface area contributed by atoms with E-state index in [-0.39, 0.29) is 50.7 Å². The van der Waals surface area contributed by atoms with Crippen molar-refractivity contribution < 1.29 is 63.3 Å². The number of fused-ring (bicyclic) bond motifs is 14. The van der Waals surface area contributed by atoms with Crippen molar-refractivity contribution in [2.45, 2.75) is 105 Å².